The Morgan fingerprint density at radius 1 is 1.15 bits per heavy atom. The van der Waals surface area contributed by atoms with Crippen molar-refractivity contribution in [2.75, 3.05) is 19.9 Å². The van der Waals surface area contributed by atoms with Crippen molar-refractivity contribution in [3.63, 3.8) is 0 Å². The molecule has 0 aliphatic rings. The normalized spacial score (nSPS) is 12.2. The fourth-order valence-corrected chi connectivity index (χ4v) is 4.34. The number of esters is 1. The zero-order valence-electron chi connectivity index (χ0n) is 23.9. The van der Waals surface area contributed by atoms with Crippen LogP contribution in [0.25, 0.3) is 16.9 Å². The third-order valence-corrected chi connectivity index (χ3v) is 6.20. The SMILES string of the molecule is COC(=O)c1ccc(C)cc1C(C)Oc1cc(-c2c(CN(C)C(=O)OC(C)(C)C)nc3ccccn23)cnc1N. The molecule has 3 heterocycles. The molecule has 1 amide bonds. The first-order valence-electron chi connectivity index (χ1n) is 12.9. The Hall–Kier alpha value is -4.60. The van der Waals surface area contributed by atoms with E-state index < -0.39 is 23.8 Å². The molecule has 0 saturated carbocycles. The molecule has 0 aliphatic heterocycles. The van der Waals surface area contributed by atoms with E-state index in [1.807, 2.05) is 75.5 Å². The fraction of sp³-hybridized carbons (Fsp3) is 0.333. The van der Waals surface area contributed by atoms with E-state index in [4.69, 9.17) is 24.9 Å². The lowest BCUT2D eigenvalue weighted by atomic mass is 10.0. The van der Waals surface area contributed by atoms with Gasteiger partial charge >= 0.3 is 12.1 Å². The summed E-state index contributed by atoms with van der Waals surface area (Å²) in [4.78, 5) is 35.7. The first kappa shape index (κ1) is 28.4. The summed E-state index contributed by atoms with van der Waals surface area (Å²) >= 11 is 0. The number of hydrogen-bond donors (Lipinski definition) is 1. The van der Waals surface area contributed by atoms with Crippen molar-refractivity contribution in [1.82, 2.24) is 19.3 Å². The molecule has 0 spiro atoms. The Bertz CT molecular complexity index is 1560. The predicted molar refractivity (Wildman–Crippen MR) is 152 cm³/mol. The second kappa shape index (κ2) is 11.3. The zero-order chi connectivity index (χ0) is 29.2. The van der Waals surface area contributed by atoms with Crippen LogP contribution in [-0.2, 0) is 16.0 Å². The van der Waals surface area contributed by atoms with Gasteiger partial charge in [-0.15, -0.1) is 0 Å². The monoisotopic (exact) mass is 545 g/mol. The lowest BCUT2D eigenvalue weighted by molar-refractivity contribution is 0.0283. The van der Waals surface area contributed by atoms with Crippen LogP contribution in [0.1, 0.15) is 61.0 Å². The zero-order valence-corrected chi connectivity index (χ0v) is 23.9. The molecule has 0 fully saturated rings. The van der Waals surface area contributed by atoms with Gasteiger partial charge in [-0.3, -0.25) is 4.40 Å². The molecule has 3 aromatic heterocycles. The fourth-order valence-electron chi connectivity index (χ4n) is 4.34. The van der Waals surface area contributed by atoms with Gasteiger partial charge in [0.05, 0.1) is 30.6 Å². The predicted octanol–water partition coefficient (Wildman–Crippen LogP) is 5.58. The number of amides is 1. The van der Waals surface area contributed by atoms with Crippen LogP contribution in [-0.4, -0.2) is 51.1 Å². The van der Waals surface area contributed by atoms with Crippen LogP contribution in [0.4, 0.5) is 10.6 Å². The summed E-state index contributed by atoms with van der Waals surface area (Å²) in [5.74, 6) is 0.0959. The molecular weight excluding hydrogens is 510 g/mol. The van der Waals surface area contributed by atoms with E-state index in [1.165, 1.54) is 12.0 Å². The number of benzene rings is 1. The van der Waals surface area contributed by atoms with E-state index in [0.717, 1.165) is 11.3 Å². The summed E-state index contributed by atoms with van der Waals surface area (Å²) in [5.41, 5.74) is 10.5. The topological polar surface area (TPSA) is 121 Å². The Morgan fingerprint density at radius 3 is 2.60 bits per heavy atom. The number of aromatic nitrogens is 3. The van der Waals surface area contributed by atoms with E-state index >= 15 is 0 Å². The summed E-state index contributed by atoms with van der Waals surface area (Å²) in [6, 6.07) is 12.9. The number of hydrogen-bond acceptors (Lipinski definition) is 8. The molecule has 0 bridgehead atoms. The van der Waals surface area contributed by atoms with Crippen LogP contribution < -0.4 is 10.5 Å². The second-order valence-electron chi connectivity index (χ2n) is 10.6. The van der Waals surface area contributed by atoms with Crippen molar-refractivity contribution < 1.29 is 23.8 Å². The van der Waals surface area contributed by atoms with Gasteiger partial charge in [-0.05, 0) is 58.9 Å². The Morgan fingerprint density at radius 2 is 1.90 bits per heavy atom. The number of rotatable bonds is 7. The molecule has 10 heteroatoms. The van der Waals surface area contributed by atoms with Crippen molar-refractivity contribution in [3.05, 3.63) is 77.2 Å². The molecule has 210 valence electrons. The number of methoxy groups -OCH3 is 1. The van der Waals surface area contributed by atoms with E-state index in [0.29, 0.717) is 33.8 Å². The molecule has 0 aliphatic carbocycles. The van der Waals surface area contributed by atoms with Crippen LogP contribution in [0.2, 0.25) is 0 Å². The number of carbonyl (C=O) groups is 2. The van der Waals surface area contributed by atoms with Gasteiger partial charge in [0.2, 0.25) is 0 Å². The van der Waals surface area contributed by atoms with Crippen LogP contribution in [0.3, 0.4) is 0 Å². The summed E-state index contributed by atoms with van der Waals surface area (Å²) in [5, 5.41) is 0. The Kier molecular flexibility index (Phi) is 7.99. The molecule has 1 atom stereocenters. The highest BCUT2D eigenvalue weighted by Crippen LogP contribution is 2.34. The van der Waals surface area contributed by atoms with E-state index in [-0.39, 0.29) is 12.4 Å². The van der Waals surface area contributed by atoms with Crippen molar-refractivity contribution in [1.29, 1.82) is 0 Å². The van der Waals surface area contributed by atoms with Crippen molar-refractivity contribution in [3.8, 4) is 17.0 Å². The number of nitrogen functional groups attached to an aromatic ring is 1. The average molecular weight is 546 g/mol. The minimum absolute atomic E-state index is 0.198. The first-order chi connectivity index (χ1) is 18.9. The molecule has 10 nitrogen and oxygen atoms in total. The van der Waals surface area contributed by atoms with Crippen LogP contribution >= 0.6 is 0 Å². The third kappa shape index (κ3) is 6.17. The number of nitrogens with zero attached hydrogens (tertiary/aromatic N) is 4. The van der Waals surface area contributed by atoms with Gasteiger partial charge in [0, 0.05) is 30.6 Å². The minimum atomic E-state index is -0.623. The maximum atomic E-state index is 12.7. The standard InChI is InChI=1S/C30H35N5O5/c1-18-11-12-21(28(36)38-7)22(14-18)19(2)39-24-15-20(16-32-27(24)31)26-23(33-25-10-8-9-13-35(25)26)17-34(6)29(37)40-30(3,4)5/h8-16,19H,17H2,1-7H3,(H2,31,32). The Balaban J connectivity index is 1.72. The quantitative estimate of drug-likeness (QED) is 0.299. The molecule has 0 radical (unpaired) electrons. The van der Waals surface area contributed by atoms with Crippen LogP contribution in [0.5, 0.6) is 5.75 Å². The third-order valence-electron chi connectivity index (χ3n) is 6.20. The second-order valence-corrected chi connectivity index (χ2v) is 10.6. The number of nitrogens with two attached hydrogens (primary N) is 1. The molecule has 0 saturated heterocycles. The minimum Gasteiger partial charge on any atom is -0.482 e. The molecule has 40 heavy (non-hydrogen) atoms. The number of imidazole rings is 1. The maximum Gasteiger partial charge on any atom is 0.410 e. The summed E-state index contributed by atoms with van der Waals surface area (Å²) in [6.45, 7) is 9.44. The number of pyridine rings is 2. The molecule has 2 N–H and O–H groups in total. The molecule has 1 aromatic carbocycles. The number of aryl methyl sites for hydroxylation is 1. The van der Waals surface area contributed by atoms with E-state index in [2.05, 4.69) is 4.98 Å². The van der Waals surface area contributed by atoms with Crippen LogP contribution in [0.15, 0.2) is 54.9 Å². The lowest BCUT2D eigenvalue weighted by Crippen LogP contribution is -2.34. The molecule has 4 rings (SSSR count). The van der Waals surface area contributed by atoms with Crippen molar-refractivity contribution >= 4 is 23.5 Å². The highest BCUT2D eigenvalue weighted by molar-refractivity contribution is 5.91. The number of fused-ring (bicyclic) bond motifs is 1. The highest BCUT2D eigenvalue weighted by atomic mass is 16.6. The lowest BCUT2D eigenvalue weighted by Gasteiger charge is -2.24. The molecular formula is C30H35N5O5. The van der Waals surface area contributed by atoms with E-state index in [9.17, 15) is 9.59 Å². The number of carbonyl (C=O) groups excluding carboxylic acids is 2. The van der Waals surface area contributed by atoms with Crippen molar-refractivity contribution in [2.45, 2.75) is 52.9 Å². The smallest absolute Gasteiger partial charge is 0.410 e. The van der Waals surface area contributed by atoms with Crippen LogP contribution in [0, 0.1) is 6.92 Å². The highest BCUT2D eigenvalue weighted by Gasteiger charge is 2.24. The average Bonchev–Trinajstić information content (AvgIpc) is 3.26. The van der Waals surface area contributed by atoms with Gasteiger partial charge < -0.3 is 24.8 Å². The molecule has 1 unspecified atom stereocenters. The van der Waals surface area contributed by atoms with Gasteiger partial charge in [0.1, 0.15) is 17.4 Å². The summed E-state index contributed by atoms with van der Waals surface area (Å²) < 4.78 is 18.7. The van der Waals surface area contributed by atoms with Gasteiger partial charge in [-0.25, -0.2) is 19.6 Å². The Labute approximate surface area is 233 Å². The largest absolute Gasteiger partial charge is 0.482 e. The van der Waals surface area contributed by atoms with Crippen molar-refractivity contribution in [2.24, 2.45) is 0 Å². The first-order valence-corrected chi connectivity index (χ1v) is 12.9. The van der Waals surface area contributed by atoms with Gasteiger partial charge in [0.25, 0.3) is 0 Å². The summed E-state index contributed by atoms with van der Waals surface area (Å²) in [6.07, 6.45) is 2.55. The van der Waals surface area contributed by atoms with Gasteiger partial charge in [-0.2, -0.15) is 0 Å². The van der Waals surface area contributed by atoms with E-state index in [1.54, 1.807) is 25.4 Å². The van der Waals surface area contributed by atoms with Gasteiger partial charge in [-0.1, -0.05) is 23.8 Å². The summed E-state index contributed by atoms with van der Waals surface area (Å²) in [7, 11) is 3.01. The number of ether oxygens (including phenoxy) is 3. The number of anilines is 1. The maximum absolute atomic E-state index is 12.7. The van der Waals surface area contributed by atoms with Gasteiger partial charge in [0.15, 0.2) is 11.6 Å². The molecule has 4 aromatic rings.